The van der Waals surface area contributed by atoms with Gasteiger partial charge >= 0.3 is 11.9 Å². The van der Waals surface area contributed by atoms with Crippen LogP contribution in [0.4, 0.5) is 5.69 Å². The maximum atomic E-state index is 12.4. The van der Waals surface area contributed by atoms with E-state index in [2.05, 4.69) is 20.8 Å². The third-order valence-corrected chi connectivity index (χ3v) is 5.48. The molecule has 1 fully saturated rings. The molecular formula is C21H29NO8. The Hall–Kier alpha value is -2.84. The number of nitro benzene ring substituents is 1. The second-order valence-corrected chi connectivity index (χ2v) is 7.91. The van der Waals surface area contributed by atoms with E-state index in [0.29, 0.717) is 11.8 Å². The molecule has 1 aromatic rings. The van der Waals surface area contributed by atoms with Gasteiger partial charge < -0.3 is 18.9 Å². The molecule has 1 aliphatic rings. The standard InChI is InChI=1S/C21H29NO8/c1-12(2)14-7-6-13(3)8-17(14)30-20(23)11-29-21(24)15-9-18(27-4)19(28-5)10-16(15)22(25)26/h9-10,12-14,17H,6-8,11H2,1-5H3. The van der Waals surface area contributed by atoms with E-state index in [1.54, 1.807) is 0 Å². The molecule has 0 amide bonds. The molecule has 166 valence electrons. The van der Waals surface area contributed by atoms with E-state index in [0.717, 1.165) is 31.4 Å². The third-order valence-electron chi connectivity index (χ3n) is 5.48. The van der Waals surface area contributed by atoms with Gasteiger partial charge in [0.1, 0.15) is 11.7 Å². The molecule has 0 aliphatic heterocycles. The highest BCUT2D eigenvalue weighted by Gasteiger charge is 2.34. The maximum Gasteiger partial charge on any atom is 0.345 e. The van der Waals surface area contributed by atoms with Gasteiger partial charge in [-0.3, -0.25) is 10.1 Å². The van der Waals surface area contributed by atoms with E-state index in [9.17, 15) is 19.7 Å². The summed E-state index contributed by atoms with van der Waals surface area (Å²) in [5, 5.41) is 11.3. The summed E-state index contributed by atoms with van der Waals surface area (Å²) in [6.45, 7) is 5.68. The molecule has 0 N–H and O–H groups in total. The number of carbonyl (C=O) groups is 2. The minimum absolute atomic E-state index is 0.103. The van der Waals surface area contributed by atoms with Crippen LogP contribution in [0.1, 0.15) is 50.4 Å². The van der Waals surface area contributed by atoms with Crippen LogP contribution >= 0.6 is 0 Å². The lowest BCUT2D eigenvalue weighted by Crippen LogP contribution is -2.36. The van der Waals surface area contributed by atoms with Crippen molar-refractivity contribution in [2.24, 2.45) is 17.8 Å². The number of nitrogens with zero attached hydrogens (tertiary/aromatic N) is 1. The number of nitro groups is 1. The fraction of sp³-hybridized carbons (Fsp3) is 0.619. The minimum atomic E-state index is -1.02. The van der Waals surface area contributed by atoms with Gasteiger partial charge in [-0.25, -0.2) is 9.59 Å². The van der Waals surface area contributed by atoms with Gasteiger partial charge in [-0.15, -0.1) is 0 Å². The number of rotatable bonds is 8. The molecule has 30 heavy (non-hydrogen) atoms. The molecule has 0 heterocycles. The van der Waals surface area contributed by atoms with Crippen LogP contribution < -0.4 is 9.47 Å². The second-order valence-electron chi connectivity index (χ2n) is 7.91. The summed E-state index contributed by atoms with van der Waals surface area (Å²) < 4.78 is 20.7. The number of hydrogen-bond donors (Lipinski definition) is 0. The minimum Gasteiger partial charge on any atom is -0.493 e. The Morgan fingerprint density at radius 3 is 2.37 bits per heavy atom. The van der Waals surface area contributed by atoms with Crippen molar-refractivity contribution < 1.29 is 33.5 Å². The van der Waals surface area contributed by atoms with Gasteiger partial charge in [-0.1, -0.05) is 27.2 Å². The number of benzene rings is 1. The molecule has 9 nitrogen and oxygen atoms in total. The third kappa shape index (κ3) is 5.61. The molecule has 2 rings (SSSR count). The van der Waals surface area contributed by atoms with Crippen molar-refractivity contribution in [1.29, 1.82) is 0 Å². The van der Waals surface area contributed by atoms with E-state index in [-0.39, 0.29) is 29.1 Å². The van der Waals surface area contributed by atoms with Gasteiger partial charge in [0.15, 0.2) is 18.1 Å². The van der Waals surface area contributed by atoms with E-state index >= 15 is 0 Å². The molecule has 0 saturated heterocycles. The number of hydrogen-bond acceptors (Lipinski definition) is 8. The summed E-state index contributed by atoms with van der Waals surface area (Å²) in [6.07, 6.45) is 2.61. The summed E-state index contributed by atoms with van der Waals surface area (Å²) in [6, 6.07) is 2.23. The Kier molecular flexibility index (Phi) is 8.02. The Balaban J connectivity index is 2.07. The summed E-state index contributed by atoms with van der Waals surface area (Å²) in [7, 11) is 2.67. The van der Waals surface area contributed by atoms with Gasteiger partial charge in [0.25, 0.3) is 5.69 Å². The molecule has 3 unspecified atom stereocenters. The van der Waals surface area contributed by atoms with Gasteiger partial charge in [0.2, 0.25) is 0 Å². The first kappa shape index (κ1) is 23.4. The predicted octanol–water partition coefficient (Wildman–Crippen LogP) is 3.77. The topological polar surface area (TPSA) is 114 Å². The molecule has 1 aliphatic carbocycles. The van der Waals surface area contributed by atoms with Crippen molar-refractivity contribution in [2.45, 2.75) is 46.1 Å². The molecule has 0 bridgehead atoms. The monoisotopic (exact) mass is 423 g/mol. The van der Waals surface area contributed by atoms with Crippen LogP contribution in [0, 0.1) is 27.9 Å². The van der Waals surface area contributed by atoms with Crippen molar-refractivity contribution in [3.05, 3.63) is 27.8 Å². The highest BCUT2D eigenvalue weighted by Crippen LogP contribution is 2.36. The van der Waals surface area contributed by atoms with Crippen molar-refractivity contribution in [3.8, 4) is 11.5 Å². The molecular weight excluding hydrogens is 394 g/mol. The Bertz CT molecular complexity index is 791. The summed E-state index contributed by atoms with van der Waals surface area (Å²) >= 11 is 0. The highest BCUT2D eigenvalue weighted by molar-refractivity contribution is 5.96. The molecule has 1 aromatic carbocycles. The van der Waals surface area contributed by atoms with Gasteiger partial charge in [0.05, 0.1) is 25.2 Å². The smallest absolute Gasteiger partial charge is 0.345 e. The number of methoxy groups -OCH3 is 2. The number of ether oxygens (including phenoxy) is 4. The summed E-state index contributed by atoms with van der Waals surface area (Å²) in [4.78, 5) is 35.3. The largest absolute Gasteiger partial charge is 0.493 e. The first-order valence-electron chi connectivity index (χ1n) is 9.94. The van der Waals surface area contributed by atoms with Crippen LogP contribution in [0.25, 0.3) is 0 Å². The number of carbonyl (C=O) groups excluding carboxylic acids is 2. The summed E-state index contributed by atoms with van der Waals surface area (Å²) in [5.74, 6) is -0.372. The van der Waals surface area contributed by atoms with Gasteiger partial charge in [0, 0.05) is 6.07 Å². The maximum absolute atomic E-state index is 12.4. The first-order chi connectivity index (χ1) is 14.2. The van der Waals surface area contributed by atoms with E-state index < -0.39 is 29.2 Å². The Labute approximate surface area is 175 Å². The lowest BCUT2D eigenvalue weighted by atomic mass is 9.75. The van der Waals surface area contributed by atoms with Crippen LogP contribution in [0.15, 0.2) is 12.1 Å². The van der Waals surface area contributed by atoms with Crippen LogP contribution in [0.5, 0.6) is 11.5 Å². The molecule has 0 aromatic heterocycles. The highest BCUT2D eigenvalue weighted by atomic mass is 16.6. The molecule has 9 heteroatoms. The van der Waals surface area contributed by atoms with E-state index in [1.807, 2.05) is 0 Å². The van der Waals surface area contributed by atoms with Crippen LogP contribution in [-0.2, 0) is 14.3 Å². The van der Waals surface area contributed by atoms with E-state index in [1.165, 1.54) is 14.2 Å². The van der Waals surface area contributed by atoms with Crippen molar-refractivity contribution >= 4 is 17.6 Å². The zero-order chi connectivity index (χ0) is 22.4. The Morgan fingerprint density at radius 2 is 1.80 bits per heavy atom. The fourth-order valence-electron chi connectivity index (χ4n) is 3.84. The normalized spacial score (nSPS) is 21.1. The van der Waals surface area contributed by atoms with Crippen LogP contribution in [-0.4, -0.2) is 43.8 Å². The zero-order valence-electron chi connectivity index (χ0n) is 18.0. The molecule has 0 radical (unpaired) electrons. The van der Waals surface area contributed by atoms with Crippen LogP contribution in [0.2, 0.25) is 0 Å². The molecule has 1 saturated carbocycles. The zero-order valence-corrected chi connectivity index (χ0v) is 18.0. The lowest BCUT2D eigenvalue weighted by molar-refractivity contribution is -0.385. The van der Waals surface area contributed by atoms with Crippen molar-refractivity contribution in [2.75, 3.05) is 20.8 Å². The first-order valence-corrected chi connectivity index (χ1v) is 9.94. The molecule has 0 spiro atoms. The lowest BCUT2D eigenvalue weighted by Gasteiger charge is -2.36. The quantitative estimate of drug-likeness (QED) is 0.353. The van der Waals surface area contributed by atoms with Gasteiger partial charge in [-0.2, -0.15) is 0 Å². The van der Waals surface area contributed by atoms with Crippen molar-refractivity contribution in [3.63, 3.8) is 0 Å². The second kappa shape index (κ2) is 10.3. The summed E-state index contributed by atoms with van der Waals surface area (Å²) in [5.41, 5.74) is -0.844. The number of esters is 2. The Morgan fingerprint density at radius 1 is 1.17 bits per heavy atom. The SMILES string of the molecule is COc1cc(C(=O)OCC(=O)OC2CC(C)CCC2C(C)C)c([N+](=O)[O-])cc1OC. The fourth-order valence-corrected chi connectivity index (χ4v) is 3.84. The van der Waals surface area contributed by atoms with Gasteiger partial charge in [-0.05, 0) is 30.6 Å². The average molecular weight is 423 g/mol. The predicted molar refractivity (Wildman–Crippen MR) is 108 cm³/mol. The van der Waals surface area contributed by atoms with Crippen molar-refractivity contribution in [1.82, 2.24) is 0 Å². The average Bonchev–Trinajstić information content (AvgIpc) is 2.70. The molecule has 3 atom stereocenters. The van der Waals surface area contributed by atoms with Crippen LogP contribution in [0.3, 0.4) is 0 Å². The van der Waals surface area contributed by atoms with E-state index in [4.69, 9.17) is 18.9 Å².